The first kappa shape index (κ1) is 23.2. The monoisotopic (exact) mass is 447 g/mol. The summed E-state index contributed by atoms with van der Waals surface area (Å²) < 4.78 is 45.1. The van der Waals surface area contributed by atoms with E-state index in [0.717, 1.165) is 6.08 Å². The molecule has 1 saturated heterocycles. The zero-order valence-corrected chi connectivity index (χ0v) is 17.4. The molecule has 2 aromatic carbocycles. The zero-order chi connectivity index (χ0) is 22.9. The molecule has 1 aliphatic heterocycles. The summed E-state index contributed by atoms with van der Waals surface area (Å²) in [5, 5.41) is 0. The average Bonchev–Trinajstić information content (AvgIpc) is 2.82. The van der Waals surface area contributed by atoms with Crippen molar-refractivity contribution < 1.29 is 37.3 Å². The molecule has 1 atom stereocenters. The molecule has 32 heavy (non-hydrogen) atoms. The number of benzene rings is 2. The van der Waals surface area contributed by atoms with E-state index in [2.05, 4.69) is 4.74 Å². The lowest BCUT2D eigenvalue weighted by molar-refractivity contribution is -0.159. The first-order valence-electron chi connectivity index (χ1n) is 9.91. The lowest BCUT2D eigenvalue weighted by Crippen LogP contribution is -2.44. The Bertz CT molecular complexity index is 945. The maximum atomic E-state index is 13.0. The molecule has 1 unspecified atom stereocenters. The van der Waals surface area contributed by atoms with Crippen molar-refractivity contribution in [3.05, 3.63) is 65.7 Å². The Hall–Kier alpha value is -3.46. The molecule has 0 aromatic heterocycles. The van der Waals surface area contributed by atoms with E-state index in [4.69, 9.17) is 14.2 Å². The van der Waals surface area contributed by atoms with Crippen molar-refractivity contribution in [2.75, 3.05) is 33.4 Å². The summed E-state index contributed by atoms with van der Waals surface area (Å²) in [5.41, 5.74) is 1.05. The fourth-order valence-electron chi connectivity index (χ4n) is 3.14. The zero-order valence-electron chi connectivity index (χ0n) is 17.4. The Labute approximate surface area is 184 Å². The molecular weight excluding hydrogens is 424 g/mol. The van der Waals surface area contributed by atoms with Gasteiger partial charge in [-0.25, -0.2) is 4.79 Å². The van der Waals surface area contributed by atoms with Gasteiger partial charge in [-0.15, -0.1) is 0 Å². The van der Waals surface area contributed by atoms with E-state index < -0.39 is 18.7 Å². The molecule has 1 heterocycles. The van der Waals surface area contributed by atoms with Gasteiger partial charge >= 0.3 is 12.6 Å². The van der Waals surface area contributed by atoms with E-state index in [1.54, 1.807) is 35.2 Å². The standard InChI is InChI=1S/C23H23F2NO6/c1-29-19-15-16(7-9-18(19)31-23(24)25)8-10-20(27)32-21(17-5-3-2-4-6-17)22(28)26-11-13-30-14-12-26/h2-10,15,21,23H,11-14H2,1H3/b10-8+. The van der Waals surface area contributed by atoms with E-state index in [1.165, 1.54) is 31.4 Å². The van der Waals surface area contributed by atoms with Crippen molar-refractivity contribution in [1.29, 1.82) is 0 Å². The summed E-state index contributed by atoms with van der Waals surface area (Å²) in [7, 11) is 1.32. The molecule has 3 rings (SSSR count). The summed E-state index contributed by atoms with van der Waals surface area (Å²) in [6.45, 7) is -1.30. The predicted octanol–water partition coefficient (Wildman–Crippen LogP) is 3.45. The first-order chi connectivity index (χ1) is 15.5. The Morgan fingerprint density at radius 1 is 1.06 bits per heavy atom. The molecule has 0 aliphatic carbocycles. The van der Waals surface area contributed by atoms with Gasteiger partial charge in [-0.1, -0.05) is 36.4 Å². The minimum absolute atomic E-state index is 0.0884. The van der Waals surface area contributed by atoms with E-state index in [-0.39, 0.29) is 17.4 Å². The molecule has 0 saturated carbocycles. The largest absolute Gasteiger partial charge is 0.493 e. The van der Waals surface area contributed by atoms with Crippen LogP contribution in [0.1, 0.15) is 17.2 Å². The number of halogens is 2. The van der Waals surface area contributed by atoms with Gasteiger partial charge in [0.2, 0.25) is 6.10 Å². The van der Waals surface area contributed by atoms with Gasteiger partial charge in [0, 0.05) is 24.7 Å². The fourth-order valence-corrected chi connectivity index (χ4v) is 3.14. The van der Waals surface area contributed by atoms with Crippen LogP contribution in [0.25, 0.3) is 6.08 Å². The van der Waals surface area contributed by atoms with Gasteiger partial charge in [-0.05, 0) is 23.8 Å². The number of morpholine rings is 1. The number of alkyl halides is 2. The summed E-state index contributed by atoms with van der Waals surface area (Å²) in [5.74, 6) is -1.09. The van der Waals surface area contributed by atoms with Gasteiger partial charge in [-0.3, -0.25) is 4.79 Å². The summed E-state index contributed by atoms with van der Waals surface area (Å²) in [6.07, 6.45) is 1.49. The summed E-state index contributed by atoms with van der Waals surface area (Å²) in [6, 6.07) is 13.0. The third kappa shape index (κ3) is 6.27. The number of rotatable bonds is 8. The minimum atomic E-state index is -2.99. The number of hydrogen-bond donors (Lipinski definition) is 0. The molecule has 0 spiro atoms. The second-order valence-electron chi connectivity index (χ2n) is 6.79. The Balaban J connectivity index is 1.73. The molecule has 0 bridgehead atoms. The number of ether oxygens (including phenoxy) is 4. The van der Waals surface area contributed by atoms with Crippen LogP contribution in [-0.4, -0.2) is 56.8 Å². The normalized spacial score (nSPS) is 14.9. The first-order valence-corrected chi connectivity index (χ1v) is 9.91. The van der Waals surface area contributed by atoms with Crippen LogP contribution in [-0.2, 0) is 19.1 Å². The molecule has 7 nitrogen and oxygen atoms in total. The van der Waals surface area contributed by atoms with Crippen LogP contribution in [0, 0.1) is 0 Å². The Kier molecular flexibility index (Phi) is 8.15. The lowest BCUT2D eigenvalue weighted by atomic mass is 10.1. The van der Waals surface area contributed by atoms with Crippen LogP contribution >= 0.6 is 0 Å². The maximum Gasteiger partial charge on any atom is 0.387 e. The number of carbonyl (C=O) groups excluding carboxylic acids is 2. The molecule has 2 aromatic rings. The van der Waals surface area contributed by atoms with E-state index >= 15 is 0 Å². The molecule has 170 valence electrons. The number of carbonyl (C=O) groups is 2. The SMILES string of the molecule is COc1cc(/C=C/C(=O)OC(C(=O)N2CCOCC2)c2ccccc2)ccc1OC(F)F. The van der Waals surface area contributed by atoms with Gasteiger partial charge in [0.15, 0.2) is 11.5 Å². The third-order valence-corrected chi connectivity index (χ3v) is 4.70. The van der Waals surface area contributed by atoms with E-state index in [9.17, 15) is 18.4 Å². The lowest BCUT2D eigenvalue weighted by Gasteiger charge is -2.30. The molecule has 9 heteroatoms. The highest BCUT2D eigenvalue weighted by Gasteiger charge is 2.30. The van der Waals surface area contributed by atoms with Crippen LogP contribution in [0.5, 0.6) is 11.5 Å². The van der Waals surface area contributed by atoms with Crippen LogP contribution in [0.3, 0.4) is 0 Å². The number of amides is 1. The van der Waals surface area contributed by atoms with Gasteiger partial charge in [0.05, 0.1) is 20.3 Å². The van der Waals surface area contributed by atoms with Gasteiger partial charge in [-0.2, -0.15) is 8.78 Å². The Morgan fingerprint density at radius 2 is 1.78 bits per heavy atom. The molecule has 1 aliphatic rings. The van der Waals surface area contributed by atoms with Crippen molar-refractivity contribution in [1.82, 2.24) is 4.90 Å². The molecule has 1 amide bonds. The Morgan fingerprint density at radius 3 is 2.44 bits per heavy atom. The molecule has 0 N–H and O–H groups in total. The highest BCUT2D eigenvalue weighted by atomic mass is 19.3. The number of esters is 1. The second-order valence-corrected chi connectivity index (χ2v) is 6.79. The minimum Gasteiger partial charge on any atom is -0.493 e. The third-order valence-electron chi connectivity index (χ3n) is 4.70. The van der Waals surface area contributed by atoms with E-state index in [1.807, 2.05) is 0 Å². The highest BCUT2D eigenvalue weighted by Crippen LogP contribution is 2.30. The molecule has 1 fully saturated rings. The van der Waals surface area contributed by atoms with Crippen molar-refractivity contribution in [2.24, 2.45) is 0 Å². The smallest absolute Gasteiger partial charge is 0.387 e. The van der Waals surface area contributed by atoms with Crippen LogP contribution < -0.4 is 9.47 Å². The van der Waals surface area contributed by atoms with Gasteiger partial charge in [0.1, 0.15) is 0 Å². The van der Waals surface area contributed by atoms with Gasteiger partial charge in [0.25, 0.3) is 5.91 Å². The van der Waals surface area contributed by atoms with Gasteiger partial charge < -0.3 is 23.8 Å². The topological polar surface area (TPSA) is 74.3 Å². The van der Waals surface area contributed by atoms with Crippen LogP contribution in [0.2, 0.25) is 0 Å². The van der Waals surface area contributed by atoms with Crippen molar-refractivity contribution in [3.8, 4) is 11.5 Å². The number of hydrogen-bond acceptors (Lipinski definition) is 6. The van der Waals surface area contributed by atoms with Crippen molar-refractivity contribution in [3.63, 3.8) is 0 Å². The summed E-state index contributed by atoms with van der Waals surface area (Å²) >= 11 is 0. The molecule has 0 radical (unpaired) electrons. The van der Waals surface area contributed by atoms with Crippen molar-refractivity contribution in [2.45, 2.75) is 12.7 Å². The van der Waals surface area contributed by atoms with E-state index in [0.29, 0.717) is 37.4 Å². The fraction of sp³-hybridized carbons (Fsp3) is 0.304. The van der Waals surface area contributed by atoms with Crippen molar-refractivity contribution >= 4 is 18.0 Å². The maximum absolute atomic E-state index is 13.0. The molecular formula is C23H23F2NO6. The predicted molar refractivity (Wildman–Crippen MR) is 111 cm³/mol. The average molecular weight is 447 g/mol. The second kappa shape index (κ2) is 11.2. The summed E-state index contributed by atoms with van der Waals surface area (Å²) in [4.78, 5) is 27.1. The highest BCUT2D eigenvalue weighted by molar-refractivity contribution is 5.91. The number of methoxy groups -OCH3 is 1. The van der Waals surface area contributed by atoms with Crippen LogP contribution in [0.4, 0.5) is 8.78 Å². The van der Waals surface area contributed by atoms with Crippen LogP contribution in [0.15, 0.2) is 54.6 Å². The quantitative estimate of drug-likeness (QED) is 0.456. The number of nitrogens with zero attached hydrogens (tertiary/aromatic N) is 1.